The van der Waals surface area contributed by atoms with E-state index in [-0.39, 0.29) is 5.41 Å². The number of rotatable bonds is 4. The molecule has 5 nitrogen and oxygen atoms in total. The Balaban J connectivity index is 1.73. The molecule has 1 aromatic rings. The van der Waals surface area contributed by atoms with Crippen LogP contribution in [0.3, 0.4) is 0 Å². The molecule has 0 aromatic carbocycles. The van der Waals surface area contributed by atoms with Crippen LogP contribution in [0.25, 0.3) is 0 Å². The average molecular weight is 345 g/mol. The van der Waals surface area contributed by atoms with Gasteiger partial charge in [-0.3, -0.25) is 9.78 Å². The van der Waals surface area contributed by atoms with Crippen LogP contribution in [-0.2, 0) is 4.79 Å². The van der Waals surface area contributed by atoms with E-state index in [4.69, 9.17) is 0 Å². The van der Waals surface area contributed by atoms with Crippen molar-refractivity contribution in [1.82, 2.24) is 14.8 Å². The number of hydrogen-bond acceptors (Lipinski definition) is 4. The molecule has 0 aliphatic carbocycles. The van der Waals surface area contributed by atoms with E-state index in [1.54, 1.807) is 0 Å². The minimum absolute atomic E-state index is 0.254. The normalized spacial score (nSPS) is 24.4. The van der Waals surface area contributed by atoms with Crippen molar-refractivity contribution >= 4 is 11.6 Å². The second kappa shape index (κ2) is 7.32. The molecule has 0 radical (unpaired) electrons. The third-order valence-electron chi connectivity index (χ3n) is 5.66. The van der Waals surface area contributed by atoms with E-state index in [2.05, 4.69) is 59.8 Å². The summed E-state index contributed by atoms with van der Waals surface area (Å²) in [5.41, 5.74) is 3.71. The van der Waals surface area contributed by atoms with Crippen molar-refractivity contribution in [3.8, 4) is 0 Å². The van der Waals surface area contributed by atoms with Crippen molar-refractivity contribution in [2.45, 2.75) is 39.5 Å². The van der Waals surface area contributed by atoms with Gasteiger partial charge in [-0.05, 0) is 59.3 Å². The molecule has 5 heteroatoms. The number of likely N-dealkylation sites (N-methyl/N-ethyl adjacent to an activating group) is 1. The molecule has 2 saturated heterocycles. The number of aryl methyl sites for hydroxylation is 2. The largest absolute Gasteiger partial charge is 0.371 e. The number of nitrogens with zero attached hydrogens (tertiary/aromatic N) is 4. The Kier molecular flexibility index (Phi) is 5.32. The first-order valence-corrected chi connectivity index (χ1v) is 9.50. The van der Waals surface area contributed by atoms with Gasteiger partial charge in [-0.1, -0.05) is 0 Å². The third-order valence-corrected chi connectivity index (χ3v) is 5.66. The Morgan fingerprint density at radius 3 is 2.56 bits per heavy atom. The summed E-state index contributed by atoms with van der Waals surface area (Å²) >= 11 is 0. The lowest BCUT2D eigenvalue weighted by molar-refractivity contribution is -0.138. The van der Waals surface area contributed by atoms with Crippen LogP contribution in [0.5, 0.6) is 0 Å². The zero-order chi connectivity index (χ0) is 18.0. The zero-order valence-corrected chi connectivity index (χ0v) is 16.2. The molecule has 25 heavy (non-hydrogen) atoms. The number of aromatic nitrogens is 1. The average Bonchev–Trinajstić information content (AvgIpc) is 2.55. The summed E-state index contributed by atoms with van der Waals surface area (Å²) < 4.78 is 0. The maximum atomic E-state index is 12.4. The fraction of sp³-hybridized carbons (Fsp3) is 0.700. The predicted molar refractivity (Wildman–Crippen MR) is 102 cm³/mol. The fourth-order valence-corrected chi connectivity index (χ4v) is 4.38. The summed E-state index contributed by atoms with van der Waals surface area (Å²) in [5, 5.41) is 0. The molecule has 0 N–H and O–H groups in total. The summed E-state index contributed by atoms with van der Waals surface area (Å²) in [7, 11) is 4.14. The first kappa shape index (κ1) is 18.2. The predicted octanol–water partition coefficient (Wildman–Crippen LogP) is 2.47. The standard InChI is InChI=1S/C20H32N4O/c1-16-12-18(13-17(2)21-16)23-9-5-7-20(14-23)8-6-19(25)24(15-20)11-10-22(3)4/h12-13H,5-11,14-15H2,1-4H3/t20-/m0/s1. The highest BCUT2D eigenvalue weighted by molar-refractivity contribution is 5.77. The number of carbonyl (C=O) groups excluding carboxylic acids is 1. The molecule has 1 spiro atoms. The van der Waals surface area contributed by atoms with E-state index in [0.717, 1.165) is 50.5 Å². The van der Waals surface area contributed by atoms with E-state index in [1.165, 1.54) is 18.5 Å². The van der Waals surface area contributed by atoms with E-state index in [0.29, 0.717) is 12.3 Å². The molecule has 2 fully saturated rings. The molecule has 138 valence electrons. The molecule has 1 aromatic heterocycles. The Morgan fingerprint density at radius 2 is 1.88 bits per heavy atom. The van der Waals surface area contributed by atoms with Crippen LogP contribution < -0.4 is 4.90 Å². The molecule has 2 aliphatic rings. The van der Waals surface area contributed by atoms with Gasteiger partial charge < -0.3 is 14.7 Å². The number of amides is 1. The number of hydrogen-bond donors (Lipinski definition) is 0. The van der Waals surface area contributed by atoms with Gasteiger partial charge in [0.15, 0.2) is 0 Å². The number of anilines is 1. The number of piperidine rings is 2. The number of likely N-dealkylation sites (tertiary alicyclic amines) is 1. The lowest BCUT2D eigenvalue weighted by Gasteiger charge is -2.49. The number of carbonyl (C=O) groups is 1. The van der Waals surface area contributed by atoms with Crippen molar-refractivity contribution in [2.75, 3.05) is 51.7 Å². The van der Waals surface area contributed by atoms with Crippen molar-refractivity contribution in [1.29, 1.82) is 0 Å². The van der Waals surface area contributed by atoms with Crippen LogP contribution in [-0.4, -0.2) is 67.5 Å². The van der Waals surface area contributed by atoms with Crippen LogP contribution in [0.15, 0.2) is 12.1 Å². The van der Waals surface area contributed by atoms with Gasteiger partial charge in [0.05, 0.1) is 0 Å². The van der Waals surface area contributed by atoms with Gasteiger partial charge in [0.2, 0.25) is 5.91 Å². The van der Waals surface area contributed by atoms with Gasteiger partial charge >= 0.3 is 0 Å². The van der Waals surface area contributed by atoms with Gasteiger partial charge in [0, 0.05) is 61.6 Å². The van der Waals surface area contributed by atoms with Crippen molar-refractivity contribution in [3.63, 3.8) is 0 Å². The van der Waals surface area contributed by atoms with Crippen molar-refractivity contribution < 1.29 is 4.79 Å². The Labute approximate surface area is 152 Å². The molecule has 1 atom stereocenters. The van der Waals surface area contributed by atoms with Gasteiger partial charge in [0.1, 0.15) is 0 Å². The summed E-state index contributed by atoms with van der Waals surface area (Å²) in [5.74, 6) is 0.334. The summed E-state index contributed by atoms with van der Waals surface area (Å²) in [6, 6.07) is 4.40. The van der Waals surface area contributed by atoms with E-state index in [9.17, 15) is 4.79 Å². The fourth-order valence-electron chi connectivity index (χ4n) is 4.38. The van der Waals surface area contributed by atoms with Gasteiger partial charge in [-0.25, -0.2) is 0 Å². The minimum Gasteiger partial charge on any atom is -0.371 e. The summed E-state index contributed by atoms with van der Waals surface area (Å²) in [4.78, 5) is 23.7. The van der Waals surface area contributed by atoms with Crippen LogP contribution in [0.1, 0.15) is 37.1 Å². The smallest absolute Gasteiger partial charge is 0.222 e. The van der Waals surface area contributed by atoms with E-state index < -0.39 is 0 Å². The van der Waals surface area contributed by atoms with Gasteiger partial charge in [0.25, 0.3) is 0 Å². The second-order valence-electron chi connectivity index (χ2n) is 8.25. The SMILES string of the molecule is Cc1cc(N2CCC[C@]3(CCC(=O)N(CCN(C)C)C3)C2)cc(C)n1. The monoisotopic (exact) mass is 344 g/mol. The molecule has 0 unspecified atom stereocenters. The highest BCUT2D eigenvalue weighted by Gasteiger charge is 2.41. The molecular weight excluding hydrogens is 312 g/mol. The molecule has 3 heterocycles. The topological polar surface area (TPSA) is 39.7 Å². The summed E-state index contributed by atoms with van der Waals surface area (Å²) in [6.07, 6.45) is 4.17. The summed E-state index contributed by atoms with van der Waals surface area (Å²) in [6.45, 7) is 9.00. The van der Waals surface area contributed by atoms with Crippen molar-refractivity contribution in [2.24, 2.45) is 5.41 Å². The van der Waals surface area contributed by atoms with Crippen LogP contribution in [0.2, 0.25) is 0 Å². The Bertz CT molecular complexity index is 610. The molecule has 2 aliphatic heterocycles. The first-order valence-electron chi connectivity index (χ1n) is 9.50. The molecule has 0 saturated carbocycles. The first-order chi connectivity index (χ1) is 11.9. The second-order valence-corrected chi connectivity index (χ2v) is 8.25. The third kappa shape index (κ3) is 4.32. The highest BCUT2D eigenvalue weighted by Crippen LogP contribution is 2.40. The molecular formula is C20H32N4O. The maximum Gasteiger partial charge on any atom is 0.222 e. The van der Waals surface area contributed by atoms with Crippen molar-refractivity contribution in [3.05, 3.63) is 23.5 Å². The molecule has 1 amide bonds. The van der Waals surface area contributed by atoms with Gasteiger partial charge in [-0.15, -0.1) is 0 Å². The van der Waals surface area contributed by atoms with Crippen LogP contribution >= 0.6 is 0 Å². The van der Waals surface area contributed by atoms with Crippen LogP contribution in [0, 0.1) is 19.3 Å². The van der Waals surface area contributed by atoms with E-state index in [1.807, 2.05) is 0 Å². The molecule has 0 bridgehead atoms. The number of pyridine rings is 1. The van der Waals surface area contributed by atoms with Gasteiger partial charge in [-0.2, -0.15) is 0 Å². The van der Waals surface area contributed by atoms with Crippen LogP contribution in [0.4, 0.5) is 5.69 Å². The highest BCUT2D eigenvalue weighted by atomic mass is 16.2. The van der Waals surface area contributed by atoms with E-state index >= 15 is 0 Å². The minimum atomic E-state index is 0.254. The Hall–Kier alpha value is -1.62. The zero-order valence-electron chi connectivity index (χ0n) is 16.2. The lowest BCUT2D eigenvalue weighted by Crippen LogP contribution is -2.55. The molecule has 3 rings (SSSR count). The maximum absolute atomic E-state index is 12.4. The Morgan fingerprint density at radius 1 is 1.16 bits per heavy atom. The quantitative estimate of drug-likeness (QED) is 0.841. The lowest BCUT2D eigenvalue weighted by atomic mass is 9.73.